The fraction of sp³-hybridized carbons (Fsp3) is 0.333. The molecule has 202 valence electrons. The average molecular weight is 526 g/mol. The highest BCUT2D eigenvalue weighted by Gasteiger charge is 2.32. The zero-order valence-corrected chi connectivity index (χ0v) is 20.9. The molecule has 4 N–H and O–H groups in total. The quantitative estimate of drug-likeness (QED) is 0.248. The molecular formula is C27H31N3O8. The predicted molar refractivity (Wildman–Crippen MR) is 136 cm³/mol. The first-order valence-electron chi connectivity index (χ1n) is 11.9. The number of aldehydes is 1. The zero-order chi connectivity index (χ0) is 28.1. The predicted octanol–water partition coefficient (Wildman–Crippen LogP) is 0.807. The Bertz CT molecular complexity index is 1120. The van der Waals surface area contributed by atoms with Gasteiger partial charge in [0.15, 0.2) is 0 Å². The maximum Gasteiger partial charge on any atom is 0.305 e. The number of nitrogens with zero attached hydrogens (tertiary/aromatic N) is 1. The minimum Gasteiger partial charge on any atom is -0.481 e. The third-order valence-corrected chi connectivity index (χ3v) is 5.78. The summed E-state index contributed by atoms with van der Waals surface area (Å²) < 4.78 is 0. The first-order valence-corrected chi connectivity index (χ1v) is 11.9. The van der Waals surface area contributed by atoms with E-state index >= 15 is 0 Å². The van der Waals surface area contributed by atoms with Crippen molar-refractivity contribution in [3.8, 4) is 0 Å². The van der Waals surface area contributed by atoms with Gasteiger partial charge in [-0.3, -0.25) is 24.0 Å². The van der Waals surface area contributed by atoms with E-state index < -0.39 is 67.0 Å². The molecule has 0 bridgehead atoms. The number of carboxylic acid groups (broad SMARTS) is 2. The maximum absolute atomic E-state index is 13.5. The standard InChI is InChI=1S/C27H31N3O8/c1-30(20(17-31)14-18-8-4-2-5-9-18)27(38)22(15-19-10-6-3-7-11-19)29-26(37)21(16-25(35)36)28-23(32)12-13-24(33)34/h2-11,17,20-22H,12-16H2,1H3,(H,28,32)(H,29,37)(H,33,34)(H,35,36)/t20-,21-,22-/m0/s1. The second-order valence-electron chi connectivity index (χ2n) is 8.70. The second-order valence-corrected chi connectivity index (χ2v) is 8.70. The van der Waals surface area contributed by atoms with E-state index in [1.807, 2.05) is 30.3 Å². The monoisotopic (exact) mass is 525 g/mol. The Morgan fingerprint density at radius 3 is 1.84 bits per heavy atom. The second kappa shape index (κ2) is 14.9. The molecule has 0 aliphatic heterocycles. The van der Waals surface area contributed by atoms with Crippen LogP contribution in [0.15, 0.2) is 60.7 Å². The van der Waals surface area contributed by atoms with Crippen LogP contribution in [0.1, 0.15) is 30.4 Å². The lowest BCUT2D eigenvalue weighted by Crippen LogP contribution is -2.56. The van der Waals surface area contributed by atoms with Crippen LogP contribution in [-0.2, 0) is 41.6 Å². The van der Waals surface area contributed by atoms with Gasteiger partial charge in [-0.1, -0.05) is 60.7 Å². The number of carbonyl (C=O) groups excluding carboxylic acids is 4. The topological polar surface area (TPSA) is 170 Å². The van der Waals surface area contributed by atoms with Crippen molar-refractivity contribution in [1.82, 2.24) is 15.5 Å². The van der Waals surface area contributed by atoms with Gasteiger partial charge >= 0.3 is 11.9 Å². The molecule has 2 rings (SSSR count). The lowest BCUT2D eigenvalue weighted by Gasteiger charge is -2.30. The number of amides is 3. The molecule has 0 spiro atoms. The van der Waals surface area contributed by atoms with Gasteiger partial charge in [0.25, 0.3) is 0 Å². The molecule has 3 amide bonds. The number of carboxylic acids is 2. The molecule has 2 aromatic carbocycles. The molecule has 0 fully saturated rings. The molecule has 0 aliphatic rings. The molecule has 11 heteroatoms. The summed E-state index contributed by atoms with van der Waals surface area (Å²) in [5.74, 6) is -4.93. The van der Waals surface area contributed by atoms with Gasteiger partial charge in [-0.2, -0.15) is 0 Å². The van der Waals surface area contributed by atoms with E-state index in [1.165, 1.54) is 11.9 Å². The van der Waals surface area contributed by atoms with Crippen LogP contribution >= 0.6 is 0 Å². The molecule has 0 aliphatic carbocycles. The van der Waals surface area contributed by atoms with Gasteiger partial charge in [0.1, 0.15) is 18.4 Å². The largest absolute Gasteiger partial charge is 0.481 e. The van der Waals surface area contributed by atoms with Gasteiger partial charge in [0, 0.05) is 19.9 Å². The number of nitrogens with one attached hydrogen (secondary N) is 2. The number of hydrogen-bond acceptors (Lipinski definition) is 6. The van der Waals surface area contributed by atoms with E-state index in [2.05, 4.69) is 10.6 Å². The van der Waals surface area contributed by atoms with Crippen LogP contribution in [0.2, 0.25) is 0 Å². The molecular weight excluding hydrogens is 494 g/mol. The lowest BCUT2D eigenvalue weighted by atomic mass is 10.0. The number of likely N-dealkylation sites (N-methyl/N-ethyl adjacent to an activating group) is 1. The van der Waals surface area contributed by atoms with Gasteiger partial charge in [-0.15, -0.1) is 0 Å². The smallest absolute Gasteiger partial charge is 0.305 e. The number of benzene rings is 2. The molecule has 0 radical (unpaired) electrons. The molecule has 11 nitrogen and oxygen atoms in total. The Labute approximate surface area is 219 Å². The van der Waals surface area contributed by atoms with Crippen LogP contribution < -0.4 is 10.6 Å². The molecule has 0 saturated carbocycles. The summed E-state index contributed by atoms with van der Waals surface area (Å²) in [6, 6.07) is 14.3. The Balaban J connectivity index is 2.25. The molecule has 0 aromatic heterocycles. The summed E-state index contributed by atoms with van der Waals surface area (Å²) in [5.41, 5.74) is 1.53. The Hall–Kier alpha value is -4.54. The maximum atomic E-state index is 13.5. The van der Waals surface area contributed by atoms with E-state index in [4.69, 9.17) is 5.11 Å². The fourth-order valence-corrected chi connectivity index (χ4v) is 3.73. The highest BCUT2D eigenvalue weighted by atomic mass is 16.4. The van der Waals surface area contributed by atoms with E-state index in [1.54, 1.807) is 30.3 Å². The van der Waals surface area contributed by atoms with Crippen molar-refractivity contribution in [2.75, 3.05) is 7.05 Å². The van der Waals surface area contributed by atoms with Crippen molar-refractivity contribution in [3.05, 3.63) is 71.8 Å². The van der Waals surface area contributed by atoms with E-state index in [-0.39, 0.29) is 12.8 Å². The van der Waals surface area contributed by atoms with Gasteiger partial charge in [-0.05, 0) is 17.5 Å². The fourth-order valence-electron chi connectivity index (χ4n) is 3.73. The third kappa shape index (κ3) is 9.84. The van der Waals surface area contributed by atoms with Gasteiger partial charge < -0.3 is 30.5 Å². The summed E-state index contributed by atoms with van der Waals surface area (Å²) >= 11 is 0. The molecule has 2 aromatic rings. The van der Waals surface area contributed by atoms with E-state index in [0.717, 1.165) is 5.56 Å². The Kier molecular flexibility index (Phi) is 11.6. The van der Waals surface area contributed by atoms with Crippen molar-refractivity contribution in [2.45, 2.75) is 50.2 Å². The minimum absolute atomic E-state index is 0.0411. The third-order valence-electron chi connectivity index (χ3n) is 5.78. The normalized spacial score (nSPS) is 12.9. The Morgan fingerprint density at radius 1 is 0.789 bits per heavy atom. The van der Waals surface area contributed by atoms with Crippen LogP contribution in [0.5, 0.6) is 0 Å². The van der Waals surface area contributed by atoms with E-state index in [0.29, 0.717) is 11.8 Å². The summed E-state index contributed by atoms with van der Waals surface area (Å²) in [6.07, 6.45) is -0.796. The summed E-state index contributed by atoms with van der Waals surface area (Å²) in [4.78, 5) is 73.9. The SMILES string of the molecule is CN(C(=O)[C@H](Cc1ccccc1)NC(=O)[C@H](CC(=O)O)NC(=O)CCC(=O)O)[C@H](C=O)Cc1ccccc1. The van der Waals surface area contributed by atoms with Crippen LogP contribution in [0.3, 0.4) is 0 Å². The van der Waals surface area contributed by atoms with Crippen LogP contribution in [0.4, 0.5) is 0 Å². The van der Waals surface area contributed by atoms with Crippen LogP contribution in [0, 0.1) is 0 Å². The van der Waals surface area contributed by atoms with Crippen molar-refractivity contribution in [2.24, 2.45) is 0 Å². The van der Waals surface area contributed by atoms with Crippen LogP contribution in [0.25, 0.3) is 0 Å². The number of hydrogen-bond donors (Lipinski definition) is 4. The van der Waals surface area contributed by atoms with Gasteiger partial charge in [-0.25, -0.2) is 0 Å². The van der Waals surface area contributed by atoms with Crippen molar-refractivity contribution in [3.63, 3.8) is 0 Å². The first kappa shape index (κ1) is 29.7. The van der Waals surface area contributed by atoms with Gasteiger partial charge in [0.05, 0.1) is 18.9 Å². The highest BCUT2D eigenvalue weighted by Crippen LogP contribution is 2.11. The summed E-state index contributed by atoms with van der Waals surface area (Å²) in [6.45, 7) is 0. The molecule has 0 heterocycles. The molecule has 3 atom stereocenters. The Morgan fingerprint density at radius 2 is 1.34 bits per heavy atom. The highest BCUT2D eigenvalue weighted by molar-refractivity contribution is 5.95. The van der Waals surface area contributed by atoms with Crippen molar-refractivity contribution >= 4 is 35.9 Å². The molecule has 0 unspecified atom stereocenters. The summed E-state index contributed by atoms with van der Waals surface area (Å²) in [5, 5.41) is 22.8. The van der Waals surface area contributed by atoms with Crippen molar-refractivity contribution in [1.29, 1.82) is 0 Å². The van der Waals surface area contributed by atoms with E-state index in [9.17, 15) is 33.9 Å². The lowest BCUT2D eigenvalue weighted by molar-refractivity contribution is -0.143. The van der Waals surface area contributed by atoms with Crippen LogP contribution in [-0.4, -0.2) is 76.2 Å². The molecule has 38 heavy (non-hydrogen) atoms. The number of rotatable bonds is 15. The van der Waals surface area contributed by atoms with Gasteiger partial charge in [0.2, 0.25) is 17.7 Å². The zero-order valence-electron chi connectivity index (χ0n) is 20.9. The number of aliphatic carboxylic acids is 2. The average Bonchev–Trinajstić information content (AvgIpc) is 2.89. The minimum atomic E-state index is -1.55. The van der Waals surface area contributed by atoms with Crippen molar-refractivity contribution < 1.29 is 39.0 Å². The first-order chi connectivity index (χ1) is 18.1. The molecule has 0 saturated heterocycles. The number of carbonyl (C=O) groups is 6. The summed E-state index contributed by atoms with van der Waals surface area (Å²) in [7, 11) is 1.44.